The standard InChI is InChI=1S/C17H22N2O4.ClH/c18-17(3-4-17)15(20)19-10-16(5-7-21-8-6-16)12-1-2-13-14(9-12)23-11-22-13;/h1-2,9H,3-8,10-11,18H2,(H,19,20);1H. The van der Waals surface area contributed by atoms with E-state index in [1.165, 1.54) is 0 Å². The molecule has 1 aromatic carbocycles. The van der Waals surface area contributed by atoms with E-state index in [-0.39, 0.29) is 30.5 Å². The van der Waals surface area contributed by atoms with Crippen LogP contribution in [0.25, 0.3) is 0 Å². The zero-order valence-corrected chi connectivity index (χ0v) is 14.3. The molecule has 0 aromatic heterocycles. The van der Waals surface area contributed by atoms with Crippen LogP contribution in [-0.2, 0) is 14.9 Å². The maximum absolute atomic E-state index is 12.2. The van der Waals surface area contributed by atoms with Gasteiger partial charge in [-0.2, -0.15) is 0 Å². The SMILES string of the molecule is Cl.NC1(C(=O)NCC2(c3ccc4c(c3)OCO4)CCOCC2)CC1. The second kappa shape index (κ2) is 6.43. The highest BCUT2D eigenvalue weighted by Gasteiger charge is 2.47. The predicted molar refractivity (Wildman–Crippen MR) is 90.7 cm³/mol. The molecule has 7 heteroatoms. The molecule has 0 radical (unpaired) electrons. The van der Waals surface area contributed by atoms with Crippen LogP contribution in [0.5, 0.6) is 11.5 Å². The minimum absolute atomic E-state index is 0. The molecule has 2 aliphatic heterocycles. The summed E-state index contributed by atoms with van der Waals surface area (Å²) >= 11 is 0. The number of carbonyl (C=O) groups excluding carboxylic acids is 1. The molecule has 132 valence electrons. The van der Waals surface area contributed by atoms with Crippen LogP contribution < -0.4 is 20.5 Å². The second-order valence-corrected chi connectivity index (χ2v) is 6.80. The molecule has 2 heterocycles. The third kappa shape index (κ3) is 3.06. The van der Waals surface area contributed by atoms with Crippen molar-refractivity contribution in [2.75, 3.05) is 26.6 Å². The van der Waals surface area contributed by atoms with Crippen LogP contribution in [0.1, 0.15) is 31.2 Å². The monoisotopic (exact) mass is 354 g/mol. The Morgan fingerprint density at radius 1 is 1.12 bits per heavy atom. The second-order valence-electron chi connectivity index (χ2n) is 6.80. The van der Waals surface area contributed by atoms with E-state index < -0.39 is 5.54 Å². The first-order chi connectivity index (χ1) is 11.1. The fourth-order valence-corrected chi connectivity index (χ4v) is 3.34. The number of carbonyl (C=O) groups is 1. The minimum Gasteiger partial charge on any atom is -0.454 e. The molecule has 1 saturated heterocycles. The first kappa shape index (κ1) is 17.3. The lowest BCUT2D eigenvalue weighted by molar-refractivity contribution is -0.123. The minimum atomic E-state index is -0.638. The predicted octanol–water partition coefficient (Wildman–Crippen LogP) is 1.49. The average Bonchev–Trinajstić information content (AvgIpc) is 3.16. The number of nitrogens with two attached hydrogens (primary N) is 1. The highest BCUT2D eigenvalue weighted by molar-refractivity contribution is 5.89. The van der Waals surface area contributed by atoms with Crippen LogP contribution in [0.4, 0.5) is 0 Å². The lowest BCUT2D eigenvalue weighted by Crippen LogP contribution is -2.50. The molecule has 1 aliphatic carbocycles. The third-order valence-electron chi connectivity index (χ3n) is 5.26. The van der Waals surface area contributed by atoms with Gasteiger partial charge in [0.1, 0.15) is 0 Å². The maximum atomic E-state index is 12.2. The molecule has 0 spiro atoms. The van der Waals surface area contributed by atoms with Gasteiger partial charge in [-0.3, -0.25) is 4.79 Å². The largest absolute Gasteiger partial charge is 0.454 e. The Morgan fingerprint density at radius 3 is 2.54 bits per heavy atom. The van der Waals surface area contributed by atoms with Crippen LogP contribution in [-0.4, -0.2) is 38.0 Å². The van der Waals surface area contributed by atoms with Gasteiger partial charge in [0.15, 0.2) is 11.5 Å². The van der Waals surface area contributed by atoms with Crippen molar-refractivity contribution in [3.05, 3.63) is 23.8 Å². The van der Waals surface area contributed by atoms with Gasteiger partial charge in [0, 0.05) is 25.2 Å². The first-order valence-corrected chi connectivity index (χ1v) is 8.17. The summed E-state index contributed by atoms with van der Waals surface area (Å²) in [6.45, 7) is 2.23. The Bertz CT molecular complexity index is 627. The molecule has 0 bridgehead atoms. The van der Waals surface area contributed by atoms with Gasteiger partial charge in [-0.15, -0.1) is 12.4 Å². The molecular formula is C17H23ClN2O4. The topological polar surface area (TPSA) is 82.8 Å². The summed E-state index contributed by atoms with van der Waals surface area (Å²) in [5, 5.41) is 3.07. The molecule has 1 saturated carbocycles. The van der Waals surface area contributed by atoms with Gasteiger partial charge < -0.3 is 25.3 Å². The van der Waals surface area contributed by atoms with E-state index in [4.69, 9.17) is 19.9 Å². The van der Waals surface area contributed by atoms with Crippen molar-refractivity contribution in [3.8, 4) is 11.5 Å². The van der Waals surface area contributed by atoms with Crippen LogP contribution in [0, 0.1) is 0 Å². The smallest absolute Gasteiger partial charge is 0.240 e. The number of halogens is 1. The van der Waals surface area contributed by atoms with E-state index in [0.29, 0.717) is 19.8 Å². The number of nitrogens with one attached hydrogen (secondary N) is 1. The Hall–Kier alpha value is -1.50. The van der Waals surface area contributed by atoms with E-state index in [0.717, 1.165) is 42.7 Å². The van der Waals surface area contributed by atoms with E-state index in [9.17, 15) is 4.79 Å². The summed E-state index contributed by atoms with van der Waals surface area (Å²) in [5.41, 5.74) is 6.37. The van der Waals surface area contributed by atoms with Crippen LogP contribution >= 0.6 is 12.4 Å². The number of hydrogen-bond donors (Lipinski definition) is 2. The Labute approximate surface area is 147 Å². The fraction of sp³-hybridized carbons (Fsp3) is 0.588. The van der Waals surface area contributed by atoms with Crippen molar-refractivity contribution in [1.82, 2.24) is 5.32 Å². The van der Waals surface area contributed by atoms with Crippen molar-refractivity contribution < 1.29 is 19.0 Å². The van der Waals surface area contributed by atoms with Gasteiger partial charge in [0.2, 0.25) is 12.7 Å². The molecule has 1 amide bonds. The number of hydrogen-bond acceptors (Lipinski definition) is 5. The molecule has 3 aliphatic rings. The molecule has 1 aromatic rings. The van der Waals surface area contributed by atoms with Crippen molar-refractivity contribution in [2.24, 2.45) is 5.73 Å². The van der Waals surface area contributed by atoms with Crippen molar-refractivity contribution in [2.45, 2.75) is 36.6 Å². The summed E-state index contributed by atoms with van der Waals surface area (Å²) < 4.78 is 16.4. The van der Waals surface area contributed by atoms with E-state index in [1.807, 2.05) is 12.1 Å². The Balaban J connectivity index is 0.00000169. The van der Waals surface area contributed by atoms with E-state index in [2.05, 4.69) is 11.4 Å². The van der Waals surface area contributed by atoms with Crippen LogP contribution in [0.3, 0.4) is 0 Å². The van der Waals surface area contributed by atoms with Crippen LogP contribution in [0.2, 0.25) is 0 Å². The number of rotatable bonds is 4. The third-order valence-corrected chi connectivity index (χ3v) is 5.26. The number of ether oxygens (including phenoxy) is 3. The quantitative estimate of drug-likeness (QED) is 0.856. The van der Waals surface area contributed by atoms with Gasteiger partial charge >= 0.3 is 0 Å². The lowest BCUT2D eigenvalue weighted by Gasteiger charge is -2.38. The molecule has 3 N–H and O–H groups in total. The summed E-state index contributed by atoms with van der Waals surface area (Å²) in [6, 6.07) is 6.05. The van der Waals surface area contributed by atoms with Gasteiger partial charge in [-0.25, -0.2) is 0 Å². The lowest BCUT2D eigenvalue weighted by atomic mass is 9.74. The van der Waals surface area contributed by atoms with Crippen molar-refractivity contribution >= 4 is 18.3 Å². The number of amides is 1. The summed E-state index contributed by atoms with van der Waals surface area (Å²) in [5.74, 6) is 1.51. The van der Waals surface area contributed by atoms with Gasteiger partial charge in [-0.1, -0.05) is 6.07 Å². The number of benzene rings is 1. The molecule has 0 atom stereocenters. The molecule has 24 heavy (non-hydrogen) atoms. The fourth-order valence-electron chi connectivity index (χ4n) is 3.34. The Morgan fingerprint density at radius 2 is 1.83 bits per heavy atom. The van der Waals surface area contributed by atoms with Crippen LogP contribution in [0.15, 0.2) is 18.2 Å². The maximum Gasteiger partial charge on any atom is 0.240 e. The average molecular weight is 355 g/mol. The number of fused-ring (bicyclic) bond motifs is 1. The highest BCUT2D eigenvalue weighted by atomic mass is 35.5. The van der Waals surface area contributed by atoms with Gasteiger partial charge in [0.05, 0.1) is 5.54 Å². The zero-order chi connectivity index (χ0) is 15.9. The first-order valence-electron chi connectivity index (χ1n) is 8.17. The van der Waals surface area contributed by atoms with Gasteiger partial charge in [-0.05, 0) is 43.4 Å². The summed E-state index contributed by atoms with van der Waals surface area (Å²) in [7, 11) is 0. The van der Waals surface area contributed by atoms with Gasteiger partial charge in [0.25, 0.3) is 0 Å². The Kier molecular flexibility index (Phi) is 4.64. The molecular weight excluding hydrogens is 332 g/mol. The molecule has 2 fully saturated rings. The summed E-state index contributed by atoms with van der Waals surface area (Å²) in [6.07, 6.45) is 3.28. The summed E-state index contributed by atoms with van der Waals surface area (Å²) in [4.78, 5) is 12.2. The van der Waals surface area contributed by atoms with Crippen molar-refractivity contribution in [3.63, 3.8) is 0 Å². The van der Waals surface area contributed by atoms with E-state index in [1.54, 1.807) is 0 Å². The van der Waals surface area contributed by atoms with Crippen molar-refractivity contribution in [1.29, 1.82) is 0 Å². The molecule has 0 unspecified atom stereocenters. The normalized spacial score (nSPS) is 22.4. The van der Waals surface area contributed by atoms with E-state index >= 15 is 0 Å². The highest BCUT2D eigenvalue weighted by Crippen LogP contribution is 2.41. The molecule has 6 nitrogen and oxygen atoms in total. The molecule has 4 rings (SSSR count). The zero-order valence-electron chi connectivity index (χ0n) is 13.5.